The van der Waals surface area contributed by atoms with Crippen molar-refractivity contribution in [3.63, 3.8) is 0 Å². The monoisotopic (exact) mass is 373 g/mol. The van der Waals surface area contributed by atoms with E-state index in [1.54, 1.807) is 0 Å². The Morgan fingerprint density at radius 3 is 2.93 bits per heavy atom. The molecule has 0 aliphatic carbocycles. The van der Waals surface area contributed by atoms with Gasteiger partial charge in [0.25, 0.3) is 0 Å². The van der Waals surface area contributed by atoms with Crippen LogP contribution in [-0.2, 0) is 9.53 Å². The number of urea groups is 1. The van der Waals surface area contributed by atoms with E-state index in [0.717, 1.165) is 63.1 Å². The van der Waals surface area contributed by atoms with Gasteiger partial charge in [-0.3, -0.25) is 4.79 Å². The summed E-state index contributed by atoms with van der Waals surface area (Å²) in [5.74, 6) is 0.474. The number of nitrogens with one attached hydrogen (secondary N) is 2. The molecule has 0 unspecified atom stereocenters. The van der Waals surface area contributed by atoms with Gasteiger partial charge in [-0.2, -0.15) is 0 Å². The summed E-state index contributed by atoms with van der Waals surface area (Å²) >= 11 is 0. The lowest BCUT2D eigenvalue weighted by Gasteiger charge is -2.32. The number of benzene rings is 1. The van der Waals surface area contributed by atoms with Gasteiger partial charge in [-0.1, -0.05) is 12.1 Å². The molecule has 1 aromatic carbocycles. The van der Waals surface area contributed by atoms with Crippen molar-refractivity contribution in [1.82, 2.24) is 10.2 Å². The van der Waals surface area contributed by atoms with Crippen LogP contribution in [0.2, 0.25) is 0 Å². The Kier molecular flexibility index (Phi) is 7.10. The average molecular weight is 373 g/mol. The van der Waals surface area contributed by atoms with Gasteiger partial charge in [-0.15, -0.1) is 0 Å². The third kappa shape index (κ3) is 6.24. The van der Waals surface area contributed by atoms with Gasteiger partial charge in [-0.25, -0.2) is 4.79 Å². The molecule has 0 saturated carbocycles. The van der Waals surface area contributed by atoms with E-state index in [1.807, 2.05) is 36.1 Å². The number of aryl methyl sites for hydroxylation is 1. The molecule has 2 N–H and O–H groups in total. The van der Waals surface area contributed by atoms with Crippen LogP contribution < -0.4 is 10.6 Å². The molecule has 2 heterocycles. The Bertz CT molecular complexity index is 643. The molecular formula is C21H31N3O3. The van der Waals surface area contributed by atoms with Gasteiger partial charge in [-0.05, 0) is 62.6 Å². The summed E-state index contributed by atoms with van der Waals surface area (Å²) < 4.78 is 5.53. The molecule has 0 spiro atoms. The molecule has 2 aliphatic rings. The lowest BCUT2D eigenvalue weighted by molar-refractivity contribution is -0.121. The Morgan fingerprint density at radius 2 is 2.15 bits per heavy atom. The summed E-state index contributed by atoms with van der Waals surface area (Å²) in [6.07, 6.45) is 5.72. The summed E-state index contributed by atoms with van der Waals surface area (Å²) in [5.41, 5.74) is 1.95. The number of rotatable bonds is 6. The number of carbonyl (C=O) groups excluding carboxylic acids is 2. The maximum absolute atomic E-state index is 12.5. The van der Waals surface area contributed by atoms with E-state index in [2.05, 4.69) is 10.6 Å². The molecule has 2 saturated heterocycles. The molecule has 1 aromatic rings. The van der Waals surface area contributed by atoms with Crippen LogP contribution in [0.25, 0.3) is 0 Å². The lowest BCUT2D eigenvalue weighted by atomic mass is 9.93. The van der Waals surface area contributed by atoms with E-state index >= 15 is 0 Å². The summed E-state index contributed by atoms with van der Waals surface area (Å²) in [5, 5.41) is 5.96. The number of hydrogen-bond acceptors (Lipinski definition) is 3. The zero-order valence-electron chi connectivity index (χ0n) is 16.2. The van der Waals surface area contributed by atoms with Gasteiger partial charge in [0.2, 0.25) is 5.91 Å². The highest BCUT2D eigenvalue weighted by molar-refractivity contribution is 5.89. The van der Waals surface area contributed by atoms with Gasteiger partial charge >= 0.3 is 6.03 Å². The second kappa shape index (κ2) is 9.74. The molecule has 3 rings (SSSR count). The highest BCUT2D eigenvalue weighted by atomic mass is 16.5. The van der Waals surface area contributed by atoms with Crippen LogP contribution in [0, 0.1) is 12.8 Å². The predicted molar refractivity (Wildman–Crippen MR) is 106 cm³/mol. The first-order chi connectivity index (χ1) is 13.1. The first-order valence-corrected chi connectivity index (χ1v) is 10.1. The zero-order chi connectivity index (χ0) is 19.1. The van der Waals surface area contributed by atoms with Crippen molar-refractivity contribution < 1.29 is 14.3 Å². The van der Waals surface area contributed by atoms with Gasteiger partial charge in [0.15, 0.2) is 0 Å². The van der Waals surface area contributed by atoms with Gasteiger partial charge < -0.3 is 20.3 Å². The molecule has 0 radical (unpaired) electrons. The van der Waals surface area contributed by atoms with Crippen molar-refractivity contribution >= 4 is 17.6 Å². The van der Waals surface area contributed by atoms with E-state index in [-0.39, 0.29) is 18.0 Å². The van der Waals surface area contributed by atoms with E-state index in [9.17, 15) is 9.59 Å². The van der Waals surface area contributed by atoms with Crippen LogP contribution in [-0.4, -0.2) is 49.2 Å². The van der Waals surface area contributed by atoms with E-state index in [0.29, 0.717) is 18.9 Å². The minimum atomic E-state index is -0.0480. The van der Waals surface area contributed by atoms with Crippen molar-refractivity contribution in [2.45, 2.75) is 51.6 Å². The standard InChI is InChI=1S/C21H31N3O3/c1-16-5-2-7-18(13-16)23-21(26)24-11-3-6-17(15-24)9-10-20(25)22-14-19-8-4-12-27-19/h2,5,7,13,17,19H,3-4,6,8-12,14-15H2,1H3,(H,22,25)(H,23,26)/t17-,19+/m1/s1. The highest BCUT2D eigenvalue weighted by Gasteiger charge is 2.24. The summed E-state index contributed by atoms with van der Waals surface area (Å²) in [6.45, 7) is 4.93. The second-order valence-corrected chi connectivity index (χ2v) is 7.73. The number of ether oxygens (including phenoxy) is 1. The fraction of sp³-hybridized carbons (Fsp3) is 0.619. The molecule has 6 nitrogen and oxygen atoms in total. The van der Waals surface area contributed by atoms with Crippen molar-refractivity contribution in [1.29, 1.82) is 0 Å². The fourth-order valence-corrected chi connectivity index (χ4v) is 3.87. The summed E-state index contributed by atoms with van der Waals surface area (Å²) in [7, 11) is 0. The van der Waals surface area contributed by atoms with E-state index < -0.39 is 0 Å². The van der Waals surface area contributed by atoms with Crippen LogP contribution in [0.5, 0.6) is 0 Å². The molecule has 6 heteroatoms. The number of likely N-dealkylation sites (tertiary alicyclic amines) is 1. The minimum absolute atomic E-state index is 0.0480. The number of anilines is 1. The number of amides is 3. The lowest BCUT2D eigenvalue weighted by Crippen LogP contribution is -2.42. The number of piperidine rings is 1. The van der Waals surface area contributed by atoms with Crippen LogP contribution in [0.3, 0.4) is 0 Å². The van der Waals surface area contributed by atoms with E-state index in [1.165, 1.54) is 0 Å². The molecular weight excluding hydrogens is 342 g/mol. The Hall–Kier alpha value is -2.08. The quantitative estimate of drug-likeness (QED) is 0.804. The molecule has 2 aliphatic heterocycles. The van der Waals surface area contributed by atoms with Crippen molar-refractivity contribution in [2.24, 2.45) is 5.92 Å². The third-order valence-electron chi connectivity index (χ3n) is 5.41. The Labute approximate surface area is 161 Å². The Morgan fingerprint density at radius 1 is 1.26 bits per heavy atom. The Balaban J connectivity index is 1.39. The summed E-state index contributed by atoms with van der Waals surface area (Å²) in [6, 6.07) is 7.78. The number of nitrogens with zero attached hydrogens (tertiary/aromatic N) is 1. The van der Waals surface area contributed by atoms with Crippen molar-refractivity contribution in [3.8, 4) is 0 Å². The van der Waals surface area contributed by atoms with Crippen molar-refractivity contribution in [2.75, 3.05) is 31.6 Å². The second-order valence-electron chi connectivity index (χ2n) is 7.73. The van der Waals surface area contributed by atoms with Gasteiger partial charge in [0.1, 0.15) is 0 Å². The molecule has 2 atom stereocenters. The summed E-state index contributed by atoms with van der Waals surface area (Å²) in [4.78, 5) is 26.5. The maximum atomic E-state index is 12.5. The van der Waals surface area contributed by atoms with Gasteiger partial charge in [0, 0.05) is 38.3 Å². The minimum Gasteiger partial charge on any atom is -0.376 e. The van der Waals surface area contributed by atoms with Crippen LogP contribution in [0.4, 0.5) is 10.5 Å². The largest absolute Gasteiger partial charge is 0.376 e. The maximum Gasteiger partial charge on any atom is 0.321 e. The smallest absolute Gasteiger partial charge is 0.321 e. The van der Waals surface area contributed by atoms with Crippen molar-refractivity contribution in [3.05, 3.63) is 29.8 Å². The normalized spacial score (nSPS) is 22.5. The molecule has 148 valence electrons. The van der Waals surface area contributed by atoms with E-state index in [4.69, 9.17) is 4.74 Å². The third-order valence-corrected chi connectivity index (χ3v) is 5.41. The first-order valence-electron chi connectivity index (χ1n) is 10.1. The number of carbonyl (C=O) groups is 2. The predicted octanol–water partition coefficient (Wildman–Crippen LogP) is 3.31. The van der Waals surface area contributed by atoms with Crippen LogP contribution >= 0.6 is 0 Å². The molecule has 2 fully saturated rings. The molecule has 27 heavy (non-hydrogen) atoms. The first kappa shape index (κ1) is 19.7. The number of hydrogen-bond donors (Lipinski definition) is 2. The molecule has 0 aromatic heterocycles. The SMILES string of the molecule is Cc1cccc(NC(=O)N2CCC[C@H](CCC(=O)NC[C@@H]3CCCO3)C2)c1. The van der Waals surface area contributed by atoms with Gasteiger partial charge in [0.05, 0.1) is 6.10 Å². The fourth-order valence-electron chi connectivity index (χ4n) is 3.87. The zero-order valence-corrected chi connectivity index (χ0v) is 16.2. The highest BCUT2D eigenvalue weighted by Crippen LogP contribution is 2.22. The van der Waals surface area contributed by atoms with Crippen LogP contribution in [0.15, 0.2) is 24.3 Å². The van der Waals surface area contributed by atoms with Crippen LogP contribution in [0.1, 0.15) is 44.1 Å². The molecule has 3 amide bonds. The topological polar surface area (TPSA) is 70.7 Å². The average Bonchev–Trinajstić information content (AvgIpc) is 3.18. The molecule has 0 bridgehead atoms.